The number of pyridine rings is 1. The van der Waals surface area contributed by atoms with E-state index in [1.807, 2.05) is 13.8 Å². The normalized spacial score (nSPS) is 12.2. The maximum atomic E-state index is 13.3. The summed E-state index contributed by atoms with van der Waals surface area (Å²) in [5.74, 6) is -0.100. The molecule has 1 amide bonds. The maximum Gasteiger partial charge on any atom is 0.251 e. The highest BCUT2D eigenvalue weighted by Crippen LogP contribution is 2.24. The Hall–Kier alpha value is -3.20. The van der Waals surface area contributed by atoms with Gasteiger partial charge in [-0.05, 0) is 47.7 Å². The van der Waals surface area contributed by atoms with E-state index in [1.165, 1.54) is 12.1 Å². The fourth-order valence-corrected chi connectivity index (χ4v) is 2.65. The zero-order valence-corrected chi connectivity index (χ0v) is 15.8. The van der Waals surface area contributed by atoms with Crippen LogP contribution in [0.2, 0.25) is 0 Å². The molecule has 2 aromatic heterocycles. The van der Waals surface area contributed by atoms with Gasteiger partial charge in [0.05, 0.1) is 24.2 Å². The van der Waals surface area contributed by atoms with Gasteiger partial charge in [0, 0.05) is 23.1 Å². The second-order valence-electron chi connectivity index (χ2n) is 6.79. The number of carbonyl (C=O) groups is 1. The van der Waals surface area contributed by atoms with Crippen molar-refractivity contribution in [3.63, 3.8) is 0 Å². The monoisotopic (exact) mass is 384 g/mol. The Kier molecular flexibility index (Phi) is 5.74. The quantitative estimate of drug-likeness (QED) is 0.674. The Morgan fingerprint density at radius 3 is 2.68 bits per heavy atom. The molecule has 0 aliphatic carbocycles. The number of aliphatic hydroxyl groups excluding tert-OH is 1. The van der Waals surface area contributed by atoms with Crippen molar-refractivity contribution in [2.24, 2.45) is 0 Å². The summed E-state index contributed by atoms with van der Waals surface area (Å²) in [4.78, 5) is 16.7. The van der Waals surface area contributed by atoms with Crippen molar-refractivity contribution in [1.82, 2.24) is 30.5 Å². The van der Waals surface area contributed by atoms with E-state index in [-0.39, 0.29) is 18.4 Å². The van der Waals surface area contributed by atoms with Gasteiger partial charge in [0.1, 0.15) is 5.82 Å². The van der Waals surface area contributed by atoms with Gasteiger partial charge in [-0.15, -0.1) is 5.10 Å². The molecule has 28 heavy (non-hydrogen) atoms. The number of benzene rings is 1. The fraction of sp³-hybridized carbons (Fsp3) is 0.316. The second-order valence-corrected chi connectivity index (χ2v) is 6.79. The van der Waals surface area contributed by atoms with E-state index < -0.39 is 11.9 Å². The van der Waals surface area contributed by atoms with Gasteiger partial charge < -0.3 is 10.4 Å². The molecule has 8 nitrogen and oxygen atoms in total. The number of aliphatic hydroxyl groups is 1. The van der Waals surface area contributed by atoms with E-state index >= 15 is 0 Å². The zero-order chi connectivity index (χ0) is 20.3. The summed E-state index contributed by atoms with van der Waals surface area (Å²) in [5, 5.41) is 23.7. The highest BCUT2D eigenvalue weighted by Gasteiger charge is 2.17. The second kappa shape index (κ2) is 8.22. The molecule has 1 aromatic carbocycles. The van der Waals surface area contributed by atoms with Gasteiger partial charge in [-0.1, -0.05) is 13.8 Å². The average molecular weight is 384 g/mol. The van der Waals surface area contributed by atoms with Crippen LogP contribution in [0, 0.1) is 5.82 Å². The van der Waals surface area contributed by atoms with Crippen LogP contribution in [0.5, 0.6) is 0 Å². The molecule has 0 saturated carbocycles. The topological polar surface area (TPSA) is 106 Å². The van der Waals surface area contributed by atoms with Crippen LogP contribution < -0.4 is 5.32 Å². The van der Waals surface area contributed by atoms with Crippen molar-refractivity contribution < 1.29 is 14.3 Å². The van der Waals surface area contributed by atoms with Crippen molar-refractivity contribution in [3.05, 3.63) is 53.7 Å². The van der Waals surface area contributed by atoms with Gasteiger partial charge in [-0.3, -0.25) is 9.78 Å². The molecule has 3 aromatic rings. The Morgan fingerprint density at radius 2 is 2.04 bits per heavy atom. The van der Waals surface area contributed by atoms with E-state index in [9.17, 15) is 14.3 Å². The minimum Gasteiger partial charge on any atom is -0.394 e. The third-order valence-corrected chi connectivity index (χ3v) is 4.11. The zero-order valence-electron chi connectivity index (χ0n) is 15.8. The molecule has 0 aliphatic heterocycles. The number of carbonyl (C=O) groups excluding carboxylic acids is 1. The molecule has 0 aliphatic rings. The lowest BCUT2D eigenvalue weighted by molar-refractivity contribution is 0.0922. The first kappa shape index (κ1) is 19.6. The molecule has 0 radical (unpaired) electrons. The number of halogens is 1. The molecule has 2 heterocycles. The van der Waals surface area contributed by atoms with E-state index in [0.717, 1.165) is 6.20 Å². The van der Waals surface area contributed by atoms with Crippen LogP contribution in [0.15, 0.2) is 36.5 Å². The highest BCUT2D eigenvalue weighted by atomic mass is 19.1. The van der Waals surface area contributed by atoms with Gasteiger partial charge in [-0.25, -0.2) is 4.39 Å². The molecule has 1 atom stereocenters. The van der Waals surface area contributed by atoms with Crippen LogP contribution in [0.25, 0.3) is 16.9 Å². The minimum atomic E-state index is -0.447. The van der Waals surface area contributed by atoms with Crippen molar-refractivity contribution in [1.29, 1.82) is 0 Å². The van der Waals surface area contributed by atoms with Gasteiger partial charge in [0.2, 0.25) is 0 Å². The lowest BCUT2D eigenvalue weighted by atomic mass is 10.0. The van der Waals surface area contributed by atoms with E-state index in [1.54, 1.807) is 29.8 Å². The van der Waals surface area contributed by atoms with E-state index in [0.29, 0.717) is 28.3 Å². The van der Waals surface area contributed by atoms with Gasteiger partial charge in [0.15, 0.2) is 5.82 Å². The molecule has 0 saturated heterocycles. The summed E-state index contributed by atoms with van der Waals surface area (Å²) >= 11 is 0. The van der Waals surface area contributed by atoms with Gasteiger partial charge >= 0.3 is 0 Å². The van der Waals surface area contributed by atoms with Crippen molar-refractivity contribution >= 4 is 5.91 Å². The van der Waals surface area contributed by atoms with Crippen LogP contribution in [0.1, 0.15) is 42.9 Å². The number of nitrogens with zero attached hydrogens (tertiary/aromatic N) is 5. The molecule has 9 heteroatoms. The predicted octanol–water partition coefficient (Wildman–Crippen LogP) is 2.10. The fourth-order valence-electron chi connectivity index (χ4n) is 2.65. The lowest BCUT2D eigenvalue weighted by Gasteiger charge is -2.14. The molecule has 0 spiro atoms. The first-order valence-electron chi connectivity index (χ1n) is 8.86. The Balaban J connectivity index is 2.12. The molecule has 0 unspecified atom stereocenters. The van der Waals surface area contributed by atoms with Gasteiger partial charge in [0.25, 0.3) is 5.91 Å². The highest BCUT2D eigenvalue weighted by molar-refractivity contribution is 5.96. The van der Waals surface area contributed by atoms with Crippen molar-refractivity contribution in [2.75, 3.05) is 6.61 Å². The largest absolute Gasteiger partial charge is 0.394 e. The van der Waals surface area contributed by atoms with Crippen LogP contribution in [-0.2, 0) is 0 Å². The summed E-state index contributed by atoms with van der Waals surface area (Å²) < 4.78 is 14.8. The smallest absolute Gasteiger partial charge is 0.251 e. The van der Waals surface area contributed by atoms with Crippen molar-refractivity contribution in [3.8, 4) is 16.9 Å². The number of rotatable bonds is 6. The number of amides is 1. The third kappa shape index (κ3) is 4.20. The summed E-state index contributed by atoms with van der Waals surface area (Å²) in [7, 11) is 0. The molecular formula is C19H21FN6O2. The number of aromatic nitrogens is 5. The van der Waals surface area contributed by atoms with Crippen LogP contribution >= 0.6 is 0 Å². The number of hydrogen-bond donors (Lipinski definition) is 2. The van der Waals surface area contributed by atoms with E-state index in [2.05, 4.69) is 25.8 Å². The van der Waals surface area contributed by atoms with Crippen molar-refractivity contribution in [2.45, 2.75) is 32.7 Å². The first-order chi connectivity index (χ1) is 13.4. The summed E-state index contributed by atoms with van der Waals surface area (Å²) in [5.41, 5.74) is 2.06. The van der Waals surface area contributed by atoms with E-state index in [4.69, 9.17) is 0 Å². The Labute approximate surface area is 161 Å². The molecular weight excluding hydrogens is 363 g/mol. The third-order valence-electron chi connectivity index (χ3n) is 4.11. The van der Waals surface area contributed by atoms with Crippen LogP contribution in [0.3, 0.4) is 0 Å². The molecule has 0 bridgehead atoms. The maximum absolute atomic E-state index is 13.3. The Bertz CT molecular complexity index is 971. The lowest BCUT2D eigenvalue weighted by Crippen LogP contribution is -2.35. The molecule has 3 rings (SSSR count). The minimum absolute atomic E-state index is 0.0642. The summed E-state index contributed by atoms with van der Waals surface area (Å²) in [6, 6.07) is 7.54. The summed E-state index contributed by atoms with van der Waals surface area (Å²) in [6.07, 6.45) is 1.12. The Morgan fingerprint density at radius 1 is 1.25 bits per heavy atom. The summed E-state index contributed by atoms with van der Waals surface area (Å²) in [6.45, 7) is 5.44. The molecule has 0 fully saturated rings. The molecule has 2 N–H and O–H groups in total. The van der Waals surface area contributed by atoms with Crippen LogP contribution in [0.4, 0.5) is 4.39 Å². The number of hydrogen-bond acceptors (Lipinski definition) is 6. The van der Waals surface area contributed by atoms with Crippen LogP contribution in [-0.4, -0.2) is 48.9 Å². The average Bonchev–Trinajstić information content (AvgIpc) is 3.18. The standard InChI is InChI=1S/C19H21FN6O2/c1-11(2)18-23-24-25-26(18)16-7-13(17-5-4-15(20)9-21-17)6-14(8-16)19(28)22-12(3)10-27/h4-9,11-12,27H,10H2,1-3H3,(H,22,28)/t12-/m0/s1. The number of nitrogens with one attached hydrogen (secondary N) is 1. The SMILES string of the molecule is CC(C)c1nnnn1-c1cc(C(=O)N[C@@H](C)CO)cc(-c2ccc(F)cn2)c1. The first-order valence-corrected chi connectivity index (χ1v) is 8.86. The molecule has 146 valence electrons. The van der Waals surface area contributed by atoms with Gasteiger partial charge in [-0.2, -0.15) is 4.68 Å². The predicted molar refractivity (Wildman–Crippen MR) is 100 cm³/mol. The number of tetrazole rings is 1.